The summed E-state index contributed by atoms with van der Waals surface area (Å²) in [5, 5.41) is 1.65. The SMILES string of the molecule is Nc1nc(Cl)cc(N2CCc3[nH]c4ccccc4c3C2)n1. The molecule has 0 amide bonds. The number of nitrogens with two attached hydrogens (primary N) is 1. The van der Waals surface area contributed by atoms with E-state index in [0.717, 1.165) is 25.3 Å². The summed E-state index contributed by atoms with van der Waals surface area (Å²) in [4.78, 5) is 13.9. The molecule has 6 heteroatoms. The Bertz CT molecular complexity index is 806. The first-order chi connectivity index (χ1) is 10.2. The van der Waals surface area contributed by atoms with Gasteiger partial charge in [-0.15, -0.1) is 0 Å². The number of hydrogen-bond acceptors (Lipinski definition) is 4. The van der Waals surface area contributed by atoms with Gasteiger partial charge in [0.15, 0.2) is 0 Å². The molecule has 0 fully saturated rings. The summed E-state index contributed by atoms with van der Waals surface area (Å²) in [6, 6.07) is 10.1. The minimum Gasteiger partial charge on any atom is -0.368 e. The van der Waals surface area contributed by atoms with Crippen molar-refractivity contribution >= 4 is 34.3 Å². The zero-order chi connectivity index (χ0) is 14.4. The molecule has 0 unspecified atom stereocenters. The summed E-state index contributed by atoms with van der Waals surface area (Å²) in [5.74, 6) is 0.991. The smallest absolute Gasteiger partial charge is 0.223 e. The molecule has 106 valence electrons. The van der Waals surface area contributed by atoms with Crippen molar-refractivity contribution in [2.24, 2.45) is 0 Å². The zero-order valence-corrected chi connectivity index (χ0v) is 12.1. The van der Waals surface area contributed by atoms with Crippen molar-refractivity contribution in [3.05, 3.63) is 46.7 Å². The number of nitrogen functional groups attached to an aromatic ring is 1. The molecule has 1 aliphatic rings. The van der Waals surface area contributed by atoms with Gasteiger partial charge in [-0.1, -0.05) is 29.8 Å². The Morgan fingerprint density at radius 2 is 2.10 bits per heavy atom. The fourth-order valence-electron chi connectivity index (χ4n) is 2.95. The number of anilines is 2. The third kappa shape index (κ3) is 2.10. The van der Waals surface area contributed by atoms with Gasteiger partial charge in [-0.25, -0.2) is 4.98 Å². The first kappa shape index (κ1) is 12.5. The van der Waals surface area contributed by atoms with Crippen LogP contribution in [0.4, 0.5) is 11.8 Å². The second kappa shape index (κ2) is 4.63. The van der Waals surface area contributed by atoms with Crippen LogP contribution in [0.5, 0.6) is 0 Å². The Balaban J connectivity index is 1.76. The van der Waals surface area contributed by atoms with Crippen molar-refractivity contribution < 1.29 is 0 Å². The van der Waals surface area contributed by atoms with E-state index in [-0.39, 0.29) is 5.95 Å². The van der Waals surface area contributed by atoms with Crippen LogP contribution in [0.3, 0.4) is 0 Å². The van der Waals surface area contributed by atoms with Crippen molar-refractivity contribution in [1.29, 1.82) is 0 Å². The molecule has 3 N–H and O–H groups in total. The van der Waals surface area contributed by atoms with Gasteiger partial charge in [0.2, 0.25) is 5.95 Å². The number of H-pyrrole nitrogens is 1. The monoisotopic (exact) mass is 299 g/mol. The quantitative estimate of drug-likeness (QED) is 0.678. The van der Waals surface area contributed by atoms with Crippen LogP contribution in [-0.4, -0.2) is 21.5 Å². The number of halogens is 1. The van der Waals surface area contributed by atoms with E-state index in [9.17, 15) is 0 Å². The Morgan fingerprint density at radius 3 is 2.95 bits per heavy atom. The fourth-order valence-corrected chi connectivity index (χ4v) is 3.13. The first-order valence-electron chi connectivity index (χ1n) is 6.84. The highest BCUT2D eigenvalue weighted by molar-refractivity contribution is 6.29. The Kier molecular flexibility index (Phi) is 2.75. The highest BCUT2D eigenvalue weighted by atomic mass is 35.5. The number of hydrogen-bond donors (Lipinski definition) is 2. The highest BCUT2D eigenvalue weighted by Crippen LogP contribution is 2.30. The fraction of sp³-hybridized carbons (Fsp3) is 0.200. The molecule has 0 radical (unpaired) electrons. The number of benzene rings is 1. The molecule has 0 saturated carbocycles. The van der Waals surface area contributed by atoms with Crippen molar-refractivity contribution in [1.82, 2.24) is 15.0 Å². The average molecular weight is 300 g/mol. The second-order valence-electron chi connectivity index (χ2n) is 5.21. The zero-order valence-electron chi connectivity index (χ0n) is 11.3. The summed E-state index contributed by atoms with van der Waals surface area (Å²) < 4.78 is 0. The van der Waals surface area contributed by atoms with Gasteiger partial charge in [0, 0.05) is 47.7 Å². The number of rotatable bonds is 1. The summed E-state index contributed by atoms with van der Waals surface area (Å²) in [6.45, 7) is 1.68. The van der Waals surface area contributed by atoms with Crippen LogP contribution >= 0.6 is 11.6 Å². The van der Waals surface area contributed by atoms with E-state index < -0.39 is 0 Å². The third-order valence-corrected chi connectivity index (χ3v) is 4.10. The molecule has 1 aromatic carbocycles. The van der Waals surface area contributed by atoms with Gasteiger partial charge in [-0.2, -0.15) is 4.98 Å². The summed E-state index contributed by atoms with van der Waals surface area (Å²) in [7, 11) is 0. The minimum absolute atomic E-state index is 0.210. The lowest BCUT2D eigenvalue weighted by molar-refractivity contribution is 0.715. The van der Waals surface area contributed by atoms with Gasteiger partial charge in [-0.05, 0) is 6.07 Å². The lowest BCUT2D eigenvalue weighted by atomic mass is 10.0. The van der Waals surface area contributed by atoms with Crippen LogP contribution < -0.4 is 10.6 Å². The summed E-state index contributed by atoms with van der Waals surface area (Å²) in [5.41, 5.74) is 9.51. The highest BCUT2D eigenvalue weighted by Gasteiger charge is 2.22. The average Bonchev–Trinajstić information content (AvgIpc) is 2.84. The largest absolute Gasteiger partial charge is 0.368 e. The number of para-hydroxylation sites is 1. The van der Waals surface area contributed by atoms with E-state index in [4.69, 9.17) is 17.3 Å². The van der Waals surface area contributed by atoms with Gasteiger partial charge in [0.1, 0.15) is 11.0 Å². The predicted octanol–water partition coefficient (Wildman–Crippen LogP) is 2.76. The Hall–Kier alpha value is -2.27. The molecular weight excluding hydrogens is 286 g/mol. The van der Waals surface area contributed by atoms with Crippen molar-refractivity contribution in [3.8, 4) is 0 Å². The van der Waals surface area contributed by atoms with Gasteiger partial charge >= 0.3 is 0 Å². The first-order valence-corrected chi connectivity index (χ1v) is 7.22. The molecule has 2 aromatic heterocycles. The molecule has 1 aliphatic heterocycles. The van der Waals surface area contributed by atoms with Crippen LogP contribution in [0, 0.1) is 0 Å². The number of aromatic amines is 1. The van der Waals surface area contributed by atoms with Crippen LogP contribution in [-0.2, 0) is 13.0 Å². The molecule has 21 heavy (non-hydrogen) atoms. The van der Waals surface area contributed by atoms with Gasteiger partial charge in [-0.3, -0.25) is 0 Å². The van der Waals surface area contributed by atoms with Gasteiger partial charge in [0.05, 0.1) is 0 Å². The van der Waals surface area contributed by atoms with Crippen molar-refractivity contribution in [2.75, 3.05) is 17.2 Å². The lowest BCUT2D eigenvalue weighted by Crippen LogP contribution is -2.31. The van der Waals surface area contributed by atoms with Crippen molar-refractivity contribution in [3.63, 3.8) is 0 Å². The standard InChI is InChI=1S/C15H14ClN5/c16-13-7-14(20-15(17)19-13)21-6-5-12-10(8-21)9-3-1-2-4-11(9)18-12/h1-4,7,18H,5-6,8H2,(H2,17,19,20). The third-order valence-electron chi connectivity index (χ3n) is 3.91. The van der Waals surface area contributed by atoms with E-state index >= 15 is 0 Å². The Morgan fingerprint density at radius 1 is 1.24 bits per heavy atom. The second-order valence-corrected chi connectivity index (χ2v) is 5.59. The predicted molar refractivity (Wildman–Crippen MR) is 84.5 cm³/mol. The molecule has 5 nitrogen and oxygen atoms in total. The van der Waals surface area contributed by atoms with E-state index in [1.54, 1.807) is 6.07 Å². The molecule has 3 aromatic rings. The molecule has 4 rings (SSSR count). The molecule has 0 aliphatic carbocycles. The minimum atomic E-state index is 0.210. The summed E-state index contributed by atoms with van der Waals surface area (Å²) >= 11 is 5.98. The van der Waals surface area contributed by atoms with E-state index in [1.165, 1.54) is 22.2 Å². The van der Waals surface area contributed by atoms with E-state index in [0.29, 0.717) is 5.15 Å². The molecule has 0 atom stereocenters. The maximum atomic E-state index is 5.98. The van der Waals surface area contributed by atoms with E-state index in [2.05, 4.69) is 38.1 Å². The number of nitrogens with one attached hydrogen (secondary N) is 1. The molecule has 0 saturated heterocycles. The molecular formula is C15H14ClN5. The topological polar surface area (TPSA) is 70.8 Å². The lowest BCUT2D eigenvalue weighted by Gasteiger charge is -2.28. The van der Waals surface area contributed by atoms with Crippen LogP contribution in [0.2, 0.25) is 5.15 Å². The van der Waals surface area contributed by atoms with Crippen LogP contribution in [0.15, 0.2) is 30.3 Å². The van der Waals surface area contributed by atoms with Crippen molar-refractivity contribution in [2.45, 2.75) is 13.0 Å². The van der Waals surface area contributed by atoms with Gasteiger partial charge < -0.3 is 15.6 Å². The maximum Gasteiger partial charge on any atom is 0.223 e. The maximum absolute atomic E-state index is 5.98. The van der Waals surface area contributed by atoms with Crippen LogP contribution in [0.1, 0.15) is 11.3 Å². The number of fused-ring (bicyclic) bond motifs is 3. The molecule has 0 spiro atoms. The number of aromatic nitrogens is 3. The summed E-state index contributed by atoms with van der Waals surface area (Å²) in [6.07, 6.45) is 0.950. The Labute approximate surface area is 126 Å². The van der Waals surface area contributed by atoms with Gasteiger partial charge in [0.25, 0.3) is 0 Å². The van der Waals surface area contributed by atoms with Crippen LogP contribution in [0.25, 0.3) is 10.9 Å². The molecule has 0 bridgehead atoms. The normalized spacial score (nSPS) is 14.4. The molecule has 3 heterocycles. The van der Waals surface area contributed by atoms with E-state index in [1.807, 2.05) is 6.07 Å². The number of nitrogens with zero attached hydrogens (tertiary/aromatic N) is 3.